The molecule has 0 amide bonds. The van der Waals surface area contributed by atoms with Crippen molar-refractivity contribution in [3.8, 4) is 6.07 Å². The number of sulfone groups is 1. The van der Waals surface area contributed by atoms with Gasteiger partial charge in [0.25, 0.3) is 0 Å². The maximum atomic E-state index is 12.2. The van der Waals surface area contributed by atoms with Gasteiger partial charge in [-0.25, -0.2) is 8.42 Å². The first-order valence-electron chi connectivity index (χ1n) is 4.41. The van der Waals surface area contributed by atoms with Crippen LogP contribution in [0.3, 0.4) is 0 Å². The van der Waals surface area contributed by atoms with Gasteiger partial charge in [-0.3, -0.25) is 0 Å². The molecule has 0 spiro atoms. The summed E-state index contributed by atoms with van der Waals surface area (Å²) >= 11 is 8.35. The van der Waals surface area contributed by atoms with Gasteiger partial charge in [-0.05, 0) is 24.5 Å². The second-order valence-corrected chi connectivity index (χ2v) is 7.55. The Morgan fingerprint density at radius 2 is 2.18 bits per heavy atom. The van der Waals surface area contributed by atoms with Crippen LogP contribution in [-0.2, 0) is 9.84 Å². The summed E-state index contributed by atoms with van der Waals surface area (Å²) < 4.78 is 24.8. The average Bonchev–Trinajstić information content (AvgIpc) is 2.27. The first-order valence-corrected chi connectivity index (χ1v) is 8.32. The molecular weight excluding hydrogens is 298 g/mol. The number of fused-ring (bicyclic) bond motifs is 1. The van der Waals surface area contributed by atoms with E-state index in [4.69, 9.17) is 16.9 Å². The highest BCUT2D eigenvalue weighted by Gasteiger charge is 2.32. The molecule has 0 aliphatic carbocycles. The second-order valence-electron chi connectivity index (χ2n) is 3.13. The van der Waals surface area contributed by atoms with Gasteiger partial charge in [0, 0.05) is 9.92 Å². The maximum absolute atomic E-state index is 12.2. The monoisotopic (exact) mass is 303 g/mol. The molecule has 0 N–H and O–H groups in total. The van der Waals surface area contributed by atoms with Crippen LogP contribution in [0.1, 0.15) is 0 Å². The average molecular weight is 304 g/mol. The zero-order chi connectivity index (χ0) is 12.6. The molecular formula is C10H6ClNO2S3. The smallest absolute Gasteiger partial charge is 0.218 e. The summed E-state index contributed by atoms with van der Waals surface area (Å²) in [7, 11) is -3.69. The Morgan fingerprint density at radius 3 is 2.76 bits per heavy atom. The molecule has 0 radical (unpaired) electrons. The van der Waals surface area contributed by atoms with Crippen LogP contribution in [0, 0.1) is 11.3 Å². The van der Waals surface area contributed by atoms with Gasteiger partial charge in [-0.2, -0.15) is 5.26 Å². The first-order chi connectivity index (χ1) is 8.00. The summed E-state index contributed by atoms with van der Waals surface area (Å²) in [5.41, 5.74) is 0. The Bertz CT molecular complexity index is 659. The molecule has 7 heteroatoms. The Morgan fingerprint density at radius 1 is 1.47 bits per heavy atom. The lowest BCUT2D eigenvalue weighted by atomic mass is 10.4. The molecule has 0 bridgehead atoms. The van der Waals surface area contributed by atoms with E-state index in [1.165, 1.54) is 35.7 Å². The lowest BCUT2D eigenvalue weighted by Crippen LogP contribution is -2.10. The fraction of sp³-hybridized carbons (Fsp3) is 0.100. The highest BCUT2D eigenvalue weighted by atomic mass is 35.5. The number of halogens is 1. The van der Waals surface area contributed by atoms with Crippen LogP contribution in [0.15, 0.2) is 37.1 Å². The molecule has 88 valence electrons. The molecule has 1 aliphatic rings. The quantitative estimate of drug-likeness (QED) is 0.797. The maximum Gasteiger partial charge on any atom is 0.219 e. The summed E-state index contributed by atoms with van der Waals surface area (Å²) in [5.74, 6) is 0. The number of nitrogens with zero attached hydrogens (tertiary/aromatic N) is 1. The van der Waals surface area contributed by atoms with E-state index in [0.29, 0.717) is 14.2 Å². The van der Waals surface area contributed by atoms with Gasteiger partial charge in [-0.15, -0.1) is 11.8 Å². The van der Waals surface area contributed by atoms with Crippen LogP contribution in [0.5, 0.6) is 0 Å². The van der Waals surface area contributed by atoms with Crippen LogP contribution in [0.4, 0.5) is 0 Å². The van der Waals surface area contributed by atoms with Crippen molar-refractivity contribution in [3.63, 3.8) is 0 Å². The normalized spacial score (nSPS) is 17.5. The first kappa shape index (κ1) is 12.8. The lowest BCUT2D eigenvalue weighted by molar-refractivity contribution is 0.601. The Hall–Kier alpha value is -0.610. The predicted molar refractivity (Wildman–Crippen MR) is 70.6 cm³/mol. The summed E-state index contributed by atoms with van der Waals surface area (Å²) in [4.78, 5) is 0.548. The van der Waals surface area contributed by atoms with Gasteiger partial charge in [0.2, 0.25) is 9.84 Å². The van der Waals surface area contributed by atoms with Gasteiger partial charge < -0.3 is 0 Å². The number of rotatable bonds is 1. The SMILES string of the molecule is CSC1=C(C#N)S(=O)(=O)c2ccc(Cl)cc2S1. The van der Waals surface area contributed by atoms with Crippen LogP contribution in [0.2, 0.25) is 5.02 Å². The van der Waals surface area contributed by atoms with E-state index in [1.54, 1.807) is 18.4 Å². The molecule has 0 atom stereocenters. The fourth-order valence-corrected chi connectivity index (χ4v) is 5.77. The van der Waals surface area contributed by atoms with Crippen molar-refractivity contribution in [3.05, 3.63) is 32.4 Å². The number of thioether (sulfide) groups is 2. The summed E-state index contributed by atoms with van der Waals surface area (Å²) in [6, 6.07) is 6.32. The lowest BCUT2D eigenvalue weighted by Gasteiger charge is -2.17. The van der Waals surface area contributed by atoms with E-state index in [0.717, 1.165) is 0 Å². The minimum Gasteiger partial charge on any atom is -0.218 e. The van der Waals surface area contributed by atoms with Crippen molar-refractivity contribution < 1.29 is 8.42 Å². The molecule has 1 heterocycles. The number of allylic oxidation sites excluding steroid dienone is 1. The minimum atomic E-state index is -3.69. The van der Waals surface area contributed by atoms with Crippen LogP contribution < -0.4 is 0 Å². The summed E-state index contributed by atoms with van der Waals surface area (Å²) in [6.07, 6.45) is 1.74. The van der Waals surface area contributed by atoms with Crippen LogP contribution in [-0.4, -0.2) is 14.7 Å². The van der Waals surface area contributed by atoms with Crippen molar-refractivity contribution in [1.82, 2.24) is 0 Å². The fourth-order valence-electron chi connectivity index (χ4n) is 1.39. The molecule has 0 saturated carbocycles. The largest absolute Gasteiger partial charge is 0.219 e. The van der Waals surface area contributed by atoms with E-state index in [1.807, 2.05) is 0 Å². The Kier molecular flexibility index (Phi) is 3.46. The zero-order valence-electron chi connectivity index (χ0n) is 8.60. The molecule has 17 heavy (non-hydrogen) atoms. The third-order valence-corrected chi connectivity index (χ3v) is 6.80. The second kappa shape index (κ2) is 4.58. The molecule has 0 saturated heterocycles. The number of benzene rings is 1. The predicted octanol–water partition coefficient (Wildman–Crippen LogP) is 3.28. The van der Waals surface area contributed by atoms with Crippen LogP contribution in [0.25, 0.3) is 0 Å². The molecule has 3 nitrogen and oxygen atoms in total. The number of hydrogen-bond acceptors (Lipinski definition) is 5. The molecule has 0 aromatic heterocycles. The zero-order valence-corrected chi connectivity index (χ0v) is 11.8. The van der Waals surface area contributed by atoms with E-state index < -0.39 is 9.84 Å². The Balaban J connectivity index is 2.76. The summed E-state index contributed by atoms with van der Waals surface area (Å²) in [5, 5.41) is 9.45. The van der Waals surface area contributed by atoms with Gasteiger partial charge in [0.1, 0.15) is 6.07 Å². The van der Waals surface area contributed by atoms with E-state index in [9.17, 15) is 8.42 Å². The highest BCUT2D eigenvalue weighted by molar-refractivity contribution is 8.23. The van der Waals surface area contributed by atoms with Gasteiger partial charge in [0.05, 0.1) is 9.13 Å². The third-order valence-electron chi connectivity index (χ3n) is 2.14. The van der Waals surface area contributed by atoms with Crippen molar-refractivity contribution in [2.45, 2.75) is 9.79 Å². The van der Waals surface area contributed by atoms with Gasteiger partial charge in [0.15, 0.2) is 4.91 Å². The van der Waals surface area contributed by atoms with Crippen molar-refractivity contribution in [2.24, 2.45) is 0 Å². The minimum absolute atomic E-state index is 0.154. The number of hydrogen-bond donors (Lipinski definition) is 0. The van der Waals surface area contributed by atoms with Crippen molar-refractivity contribution in [2.75, 3.05) is 6.26 Å². The van der Waals surface area contributed by atoms with Gasteiger partial charge >= 0.3 is 0 Å². The van der Waals surface area contributed by atoms with Gasteiger partial charge in [-0.1, -0.05) is 23.4 Å². The van der Waals surface area contributed by atoms with Crippen LogP contribution >= 0.6 is 35.1 Å². The Labute approximate surface area is 113 Å². The molecule has 0 unspecified atom stereocenters. The molecule has 0 fully saturated rings. The van der Waals surface area contributed by atoms with Crippen molar-refractivity contribution in [1.29, 1.82) is 5.26 Å². The third kappa shape index (κ3) is 2.08. The number of nitriles is 1. The molecule has 2 rings (SSSR count). The molecule has 1 aromatic carbocycles. The standard InChI is InChI=1S/C10H6ClNO2S3/c1-15-10-9(5-12)17(13,14)8-3-2-6(11)4-7(8)16-10/h2-4H,1H3. The van der Waals surface area contributed by atoms with E-state index >= 15 is 0 Å². The topological polar surface area (TPSA) is 57.9 Å². The summed E-state index contributed by atoms with van der Waals surface area (Å²) in [6.45, 7) is 0. The molecule has 1 aliphatic heterocycles. The van der Waals surface area contributed by atoms with Crippen molar-refractivity contribution >= 4 is 45.0 Å². The highest BCUT2D eigenvalue weighted by Crippen LogP contribution is 2.47. The van der Waals surface area contributed by atoms with E-state index in [-0.39, 0.29) is 9.80 Å². The van der Waals surface area contributed by atoms with E-state index in [2.05, 4.69) is 0 Å². The molecule has 1 aromatic rings.